The van der Waals surface area contributed by atoms with Crippen molar-refractivity contribution < 1.29 is 9.90 Å². The molecule has 0 aliphatic rings. The van der Waals surface area contributed by atoms with E-state index in [9.17, 15) is 4.79 Å². The molecule has 1 rings (SSSR count). The van der Waals surface area contributed by atoms with E-state index in [0.717, 1.165) is 11.3 Å². The quantitative estimate of drug-likeness (QED) is 0.619. The standard InChI is InChI=1S/C12H12N2O2/c1-9-5-3-4-6-11(9)14(2)8-10(7-13)12(15)16/h3-6,8H,1-2H3,(H,15,16)/b10-8-. The first kappa shape index (κ1) is 11.8. The number of aliphatic carboxylic acids is 1. The Kier molecular flexibility index (Phi) is 3.67. The van der Waals surface area contributed by atoms with Crippen LogP contribution in [0.1, 0.15) is 5.56 Å². The number of carboxylic acid groups (broad SMARTS) is 1. The summed E-state index contributed by atoms with van der Waals surface area (Å²) in [5.41, 5.74) is 1.60. The van der Waals surface area contributed by atoms with Crippen molar-refractivity contribution in [2.24, 2.45) is 0 Å². The topological polar surface area (TPSA) is 64.3 Å². The average molecular weight is 216 g/mol. The number of carboxylic acids is 1. The summed E-state index contributed by atoms with van der Waals surface area (Å²) in [4.78, 5) is 12.3. The summed E-state index contributed by atoms with van der Waals surface area (Å²) in [6.45, 7) is 1.92. The first-order valence-corrected chi connectivity index (χ1v) is 4.70. The summed E-state index contributed by atoms with van der Waals surface area (Å²) in [7, 11) is 1.71. The van der Waals surface area contributed by atoms with Crippen LogP contribution >= 0.6 is 0 Å². The molecule has 1 aromatic carbocycles. The van der Waals surface area contributed by atoms with Crippen molar-refractivity contribution in [1.82, 2.24) is 0 Å². The molecule has 0 unspecified atom stereocenters. The largest absolute Gasteiger partial charge is 0.477 e. The second-order valence-electron chi connectivity index (χ2n) is 3.36. The molecule has 0 radical (unpaired) electrons. The fraction of sp³-hybridized carbons (Fsp3) is 0.167. The SMILES string of the molecule is Cc1ccccc1N(C)/C=C(/C#N)C(=O)O. The summed E-state index contributed by atoms with van der Waals surface area (Å²) in [5, 5.41) is 17.4. The summed E-state index contributed by atoms with van der Waals surface area (Å²) in [6, 6.07) is 9.19. The third-order valence-electron chi connectivity index (χ3n) is 2.17. The zero-order valence-electron chi connectivity index (χ0n) is 9.14. The van der Waals surface area contributed by atoms with Gasteiger partial charge in [0.05, 0.1) is 0 Å². The molecule has 0 fully saturated rings. The minimum Gasteiger partial charge on any atom is -0.477 e. The van der Waals surface area contributed by atoms with Gasteiger partial charge in [0.25, 0.3) is 0 Å². The van der Waals surface area contributed by atoms with Gasteiger partial charge < -0.3 is 10.0 Å². The van der Waals surface area contributed by atoms with Crippen molar-refractivity contribution in [3.05, 3.63) is 41.6 Å². The normalized spacial score (nSPS) is 10.7. The van der Waals surface area contributed by atoms with E-state index in [-0.39, 0.29) is 5.57 Å². The predicted octanol–water partition coefficient (Wildman–Crippen LogP) is 1.92. The van der Waals surface area contributed by atoms with Crippen LogP contribution in [0.25, 0.3) is 0 Å². The fourth-order valence-electron chi connectivity index (χ4n) is 1.35. The van der Waals surface area contributed by atoms with Gasteiger partial charge in [0.2, 0.25) is 0 Å². The Morgan fingerprint density at radius 3 is 2.62 bits per heavy atom. The molecule has 1 N–H and O–H groups in total. The molecule has 0 spiro atoms. The highest BCUT2D eigenvalue weighted by molar-refractivity contribution is 5.91. The summed E-state index contributed by atoms with van der Waals surface area (Å²) in [5.74, 6) is -1.22. The molecule has 4 nitrogen and oxygen atoms in total. The highest BCUT2D eigenvalue weighted by Crippen LogP contribution is 2.18. The maximum absolute atomic E-state index is 10.7. The molecular formula is C12H12N2O2. The van der Waals surface area contributed by atoms with Crippen molar-refractivity contribution in [3.63, 3.8) is 0 Å². The van der Waals surface area contributed by atoms with Crippen LogP contribution in [0.15, 0.2) is 36.0 Å². The van der Waals surface area contributed by atoms with E-state index in [1.807, 2.05) is 31.2 Å². The smallest absolute Gasteiger partial charge is 0.347 e. The van der Waals surface area contributed by atoms with Gasteiger partial charge in [0.15, 0.2) is 5.57 Å². The lowest BCUT2D eigenvalue weighted by molar-refractivity contribution is -0.132. The molecule has 0 heterocycles. The molecule has 0 atom stereocenters. The second-order valence-corrected chi connectivity index (χ2v) is 3.36. The fourth-order valence-corrected chi connectivity index (χ4v) is 1.35. The van der Waals surface area contributed by atoms with E-state index < -0.39 is 5.97 Å². The van der Waals surface area contributed by atoms with Gasteiger partial charge in [0.1, 0.15) is 6.07 Å². The van der Waals surface area contributed by atoms with Gasteiger partial charge in [0, 0.05) is 18.9 Å². The summed E-state index contributed by atoms with van der Waals surface area (Å²) < 4.78 is 0. The van der Waals surface area contributed by atoms with E-state index >= 15 is 0 Å². The highest BCUT2D eigenvalue weighted by Gasteiger charge is 2.08. The van der Waals surface area contributed by atoms with Crippen LogP contribution in [0.2, 0.25) is 0 Å². The zero-order chi connectivity index (χ0) is 12.1. The molecule has 0 aromatic heterocycles. The molecule has 0 saturated carbocycles. The molecule has 0 amide bonds. The van der Waals surface area contributed by atoms with Crippen LogP contribution in [-0.4, -0.2) is 18.1 Å². The number of carbonyl (C=O) groups is 1. The van der Waals surface area contributed by atoms with Gasteiger partial charge >= 0.3 is 5.97 Å². The maximum Gasteiger partial charge on any atom is 0.347 e. The minimum atomic E-state index is -1.22. The van der Waals surface area contributed by atoms with Crippen molar-refractivity contribution in [2.75, 3.05) is 11.9 Å². The number of nitriles is 1. The predicted molar refractivity (Wildman–Crippen MR) is 60.9 cm³/mol. The van der Waals surface area contributed by atoms with Crippen molar-refractivity contribution in [1.29, 1.82) is 5.26 Å². The number of anilines is 1. The highest BCUT2D eigenvalue weighted by atomic mass is 16.4. The molecule has 4 heteroatoms. The van der Waals surface area contributed by atoms with Crippen LogP contribution in [0, 0.1) is 18.3 Å². The van der Waals surface area contributed by atoms with Crippen LogP contribution in [0.4, 0.5) is 5.69 Å². The van der Waals surface area contributed by atoms with Crippen LogP contribution in [0.3, 0.4) is 0 Å². The lowest BCUT2D eigenvalue weighted by atomic mass is 10.2. The minimum absolute atomic E-state index is 0.286. The Morgan fingerprint density at radius 1 is 1.50 bits per heavy atom. The Hall–Kier alpha value is -2.28. The third kappa shape index (κ3) is 2.61. The molecule has 16 heavy (non-hydrogen) atoms. The van der Waals surface area contributed by atoms with Gasteiger partial charge in [-0.15, -0.1) is 0 Å². The number of hydrogen-bond donors (Lipinski definition) is 1. The van der Waals surface area contributed by atoms with Crippen molar-refractivity contribution in [3.8, 4) is 6.07 Å². The summed E-state index contributed by atoms with van der Waals surface area (Å²) in [6.07, 6.45) is 1.31. The van der Waals surface area contributed by atoms with Gasteiger partial charge in [-0.3, -0.25) is 0 Å². The molecule has 0 aliphatic heterocycles. The van der Waals surface area contributed by atoms with E-state index in [0.29, 0.717) is 0 Å². The van der Waals surface area contributed by atoms with Gasteiger partial charge in [-0.05, 0) is 18.6 Å². The van der Waals surface area contributed by atoms with E-state index in [4.69, 9.17) is 10.4 Å². The third-order valence-corrected chi connectivity index (χ3v) is 2.17. The second kappa shape index (κ2) is 4.99. The molecule has 0 saturated heterocycles. The van der Waals surface area contributed by atoms with Crippen LogP contribution < -0.4 is 4.90 Å². The number of hydrogen-bond acceptors (Lipinski definition) is 3. The van der Waals surface area contributed by atoms with E-state index in [1.54, 1.807) is 18.0 Å². The monoisotopic (exact) mass is 216 g/mol. The van der Waals surface area contributed by atoms with E-state index in [2.05, 4.69) is 0 Å². The number of aryl methyl sites for hydroxylation is 1. The molecule has 82 valence electrons. The number of rotatable bonds is 3. The zero-order valence-corrected chi connectivity index (χ0v) is 9.14. The maximum atomic E-state index is 10.7. The molecule has 0 aliphatic carbocycles. The summed E-state index contributed by atoms with van der Waals surface area (Å²) >= 11 is 0. The van der Waals surface area contributed by atoms with Gasteiger partial charge in [-0.2, -0.15) is 5.26 Å². The lowest BCUT2D eigenvalue weighted by Gasteiger charge is -2.16. The first-order chi connectivity index (χ1) is 7.56. The van der Waals surface area contributed by atoms with Crippen LogP contribution in [-0.2, 0) is 4.79 Å². The molecule has 0 bridgehead atoms. The van der Waals surface area contributed by atoms with Crippen molar-refractivity contribution in [2.45, 2.75) is 6.92 Å². The van der Waals surface area contributed by atoms with Crippen LogP contribution in [0.5, 0.6) is 0 Å². The van der Waals surface area contributed by atoms with Gasteiger partial charge in [-0.1, -0.05) is 18.2 Å². The lowest BCUT2D eigenvalue weighted by Crippen LogP contribution is -2.13. The Morgan fingerprint density at radius 2 is 2.12 bits per heavy atom. The average Bonchev–Trinajstić information content (AvgIpc) is 2.25. The molecule has 1 aromatic rings. The Labute approximate surface area is 94.0 Å². The van der Waals surface area contributed by atoms with E-state index in [1.165, 1.54) is 6.20 Å². The molecular weight excluding hydrogens is 204 g/mol. The van der Waals surface area contributed by atoms with Gasteiger partial charge in [-0.25, -0.2) is 4.79 Å². The first-order valence-electron chi connectivity index (χ1n) is 4.70. The number of benzene rings is 1. The number of nitrogens with zero attached hydrogens (tertiary/aromatic N) is 2. The van der Waals surface area contributed by atoms with Crippen molar-refractivity contribution >= 4 is 11.7 Å². The Balaban J connectivity index is 3.05. The Bertz CT molecular complexity index is 472. The number of para-hydroxylation sites is 1.